The molecule has 0 spiro atoms. The molecule has 0 aliphatic heterocycles. The third-order valence-corrected chi connectivity index (χ3v) is 2.55. The van der Waals surface area contributed by atoms with Crippen molar-refractivity contribution < 1.29 is 5.11 Å². The van der Waals surface area contributed by atoms with E-state index in [1.807, 2.05) is 6.07 Å². The predicted octanol–water partition coefficient (Wildman–Crippen LogP) is 2.58. The SMILES string of the molecule is CC(C)c1cc(O)cc(C(C)CN)c1. The van der Waals surface area contributed by atoms with Crippen molar-refractivity contribution in [3.63, 3.8) is 0 Å². The highest BCUT2D eigenvalue weighted by Gasteiger charge is 2.08. The number of aromatic hydroxyl groups is 1. The maximum atomic E-state index is 9.55. The van der Waals surface area contributed by atoms with Crippen LogP contribution in [0.2, 0.25) is 0 Å². The van der Waals surface area contributed by atoms with Gasteiger partial charge in [-0.15, -0.1) is 0 Å². The Morgan fingerprint density at radius 3 is 2.21 bits per heavy atom. The third kappa shape index (κ3) is 2.48. The first kappa shape index (κ1) is 11.1. The fourth-order valence-corrected chi connectivity index (χ4v) is 1.41. The molecule has 2 heteroatoms. The normalized spacial score (nSPS) is 13.2. The Morgan fingerprint density at radius 2 is 1.71 bits per heavy atom. The van der Waals surface area contributed by atoms with Gasteiger partial charge in [0.05, 0.1) is 0 Å². The molecule has 0 amide bonds. The lowest BCUT2D eigenvalue weighted by Gasteiger charge is -2.13. The second kappa shape index (κ2) is 4.47. The molecule has 1 unspecified atom stereocenters. The Morgan fingerprint density at radius 1 is 1.14 bits per heavy atom. The van der Waals surface area contributed by atoms with Gasteiger partial charge < -0.3 is 10.8 Å². The van der Waals surface area contributed by atoms with Gasteiger partial charge in [0.2, 0.25) is 0 Å². The van der Waals surface area contributed by atoms with Gasteiger partial charge in [-0.1, -0.05) is 26.8 Å². The van der Waals surface area contributed by atoms with Crippen molar-refractivity contribution in [3.05, 3.63) is 29.3 Å². The summed E-state index contributed by atoms with van der Waals surface area (Å²) in [5, 5.41) is 9.55. The molecular formula is C12H19NO. The number of rotatable bonds is 3. The molecule has 0 fully saturated rings. The number of phenols is 1. The number of benzene rings is 1. The van der Waals surface area contributed by atoms with E-state index in [1.165, 1.54) is 5.56 Å². The topological polar surface area (TPSA) is 46.2 Å². The number of hydrogen-bond acceptors (Lipinski definition) is 2. The number of phenolic OH excluding ortho intramolecular Hbond substituents is 1. The highest BCUT2D eigenvalue weighted by molar-refractivity contribution is 5.36. The monoisotopic (exact) mass is 193 g/mol. The summed E-state index contributed by atoms with van der Waals surface area (Å²) in [5.74, 6) is 1.08. The van der Waals surface area contributed by atoms with E-state index in [9.17, 15) is 5.11 Å². The van der Waals surface area contributed by atoms with Gasteiger partial charge in [-0.05, 0) is 41.6 Å². The lowest BCUT2D eigenvalue weighted by Crippen LogP contribution is -2.09. The molecule has 3 N–H and O–H groups in total. The molecule has 1 aromatic rings. The zero-order valence-corrected chi connectivity index (χ0v) is 9.12. The van der Waals surface area contributed by atoms with Gasteiger partial charge in [0, 0.05) is 0 Å². The second-order valence-corrected chi connectivity index (χ2v) is 4.15. The quantitative estimate of drug-likeness (QED) is 0.775. The molecule has 0 saturated heterocycles. The Kier molecular flexibility index (Phi) is 3.53. The van der Waals surface area contributed by atoms with Crippen molar-refractivity contribution in [3.8, 4) is 5.75 Å². The summed E-state index contributed by atoms with van der Waals surface area (Å²) < 4.78 is 0. The molecule has 78 valence electrons. The molecule has 0 aromatic heterocycles. The Bertz CT molecular complexity index is 307. The van der Waals surface area contributed by atoms with E-state index >= 15 is 0 Å². The van der Waals surface area contributed by atoms with Crippen LogP contribution in [0.25, 0.3) is 0 Å². The van der Waals surface area contributed by atoms with Gasteiger partial charge in [-0.3, -0.25) is 0 Å². The molecule has 0 radical (unpaired) electrons. The van der Waals surface area contributed by atoms with E-state index in [1.54, 1.807) is 6.07 Å². The molecule has 0 bridgehead atoms. The van der Waals surface area contributed by atoms with Crippen molar-refractivity contribution in [2.45, 2.75) is 32.6 Å². The highest BCUT2D eigenvalue weighted by atomic mass is 16.3. The first-order valence-corrected chi connectivity index (χ1v) is 5.08. The smallest absolute Gasteiger partial charge is 0.116 e. The van der Waals surface area contributed by atoms with E-state index in [2.05, 4.69) is 26.8 Å². The van der Waals surface area contributed by atoms with Gasteiger partial charge in [-0.2, -0.15) is 0 Å². The maximum Gasteiger partial charge on any atom is 0.116 e. The third-order valence-electron chi connectivity index (χ3n) is 2.55. The van der Waals surface area contributed by atoms with E-state index < -0.39 is 0 Å². The van der Waals surface area contributed by atoms with Gasteiger partial charge >= 0.3 is 0 Å². The van der Waals surface area contributed by atoms with Crippen molar-refractivity contribution in [2.24, 2.45) is 5.73 Å². The van der Waals surface area contributed by atoms with E-state index in [-0.39, 0.29) is 0 Å². The molecule has 2 nitrogen and oxygen atoms in total. The van der Waals surface area contributed by atoms with Crippen LogP contribution in [0.5, 0.6) is 5.75 Å². The minimum absolute atomic E-state index is 0.305. The average molecular weight is 193 g/mol. The zero-order valence-electron chi connectivity index (χ0n) is 9.12. The highest BCUT2D eigenvalue weighted by Crippen LogP contribution is 2.25. The molecule has 0 heterocycles. The van der Waals surface area contributed by atoms with Crippen LogP contribution in [0, 0.1) is 0 Å². The molecular weight excluding hydrogens is 174 g/mol. The second-order valence-electron chi connectivity index (χ2n) is 4.15. The van der Waals surface area contributed by atoms with Crippen LogP contribution in [0.3, 0.4) is 0 Å². The predicted molar refractivity (Wildman–Crippen MR) is 59.7 cm³/mol. The standard InChI is InChI=1S/C12H19NO/c1-8(2)10-4-11(9(3)7-13)6-12(14)5-10/h4-6,8-9,14H,7,13H2,1-3H3. The summed E-state index contributed by atoms with van der Waals surface area (Å²) in [4.78, 5) is 0. The maximum absolute atomic E-state index is 9.55. The van der Waals surface area contributed by atoms with E-state index in [0.29, 0.717) is 24.1 Å². The van der Waals surface area contributed by atoms with Crippen LogP contribution < -0.4 is 5.73 Å². The summed E-state index contributed by atoms with van der Waals surface area (Å²) in [6.45, 7) is 6.91. The summed E-state index contributed by atoms with van der Waals surface area (Å²) in [7, 11) is 0. The van der Waals surface area contributed by atoms with Crippen LogP contribution in [-0.2, 0) is 0 Å². The fraction of sp³-hybridized carbons (Fsp3) is 0.500. The lowest BCUT2D eigenvalue weighted by atomic mass is 9.94. The molecule has 14 heavy (non-hydrogen) atoms. The minimum atomic E-state index is 0.305. The van der Waals surface area contributed by atoms with Gasteiger partial charge in [-0.25, -0.2) is 0 Å². The first-order chi connectivity index (χ1) is 6.54. The molecule has 0 aliphatic rings. The number of hydrogen-bond donors (Lipinski definition) is 2. The minimum Gasteiger partial charge on any atom is -0.508 e. The molecule has 0 aliphatic carbocycles. The van der Waals surface area contributed by atoms with Crippen molar-refractivity contribution in [1.82, 2.24) is 0 Å². The zero-order chi connectivity index (χ0) is 10.7. The lowest BCUT2D eigenvalue weighted by molar-refractivity contribution is 0.472. The van der Waals surface area contributed by atoms with Crippen molar-refractivity contribution in [2.75, 3.05) is 6.54 Å². The largest absolute Gasteiger partial charge is 0.508 e. The fourth-order valence-electron chi connectivity index (χ4n) is 1.41. The van der Waals surface area contributed by atoms with Gasteiger partial charge in [0.25, 0.3) is 0 Å². The first-order valence-electron chi connectivity index (χ1n) is 5.08. The number of nitrogens with two attached hydrogens (primary N) is 1. The van der Waals surface area contributed by atoms with Crippen LogP contribution in [0.4, 0.5) is 0 Å². The van der Waals surface area contributed by atoms with Gasteiger partial charge in [0.1, 0.15) is 5.75 Å². The van der Waals surface area contributed by atoms with Crippen LogP contribution >= 0.6 is 0 Å². The molecule has 1 rings (SSSR count). The van der Waals surface area contributed by atoms with E-state index in [4.69, 9.17) is 5.73 Å². The van der Waals surface area contributed by atoms with Crippen LogP contribution in [0.15, 0.2) is 18.2 Å². The molecule has 1 aromatic carbocycles. The molecule has 0 saturated carbocycles. The summed E-state index contributed by atoms with van der Waals surface area (Å²) in [6.07, 6.45) is 0. The van der Waals surface area contributed by atoms with Crippen molar-refractivity contribution >= 4 is 0 Å². The Hall–Kier alpha value is -1.02. The Balaban J connectivity index is 3.07. The average Bonchev–Trinajstić information content (AvgIpc) is 2.15. The van der Waals surface area contributed by atoms with Crippen molar-refractivity contribution in [1.29, 1.82) is 0 Å². The van der Waals surface area contributed by atoms with Gasteiger partial charge in [0.15, 0.2) is 0 Å². The summed E-state index contributed by atoms with van der Waals surface area (Å²) in [5.41, 5.74) is 7.89. The van der Waals surface area contributed by atoms with Crippen LogP contribution in [0.1, 0.15) is 43.7 Å². The summed E-state index contributed by atoms with van der Waals surface area (Å²) in [6, 6.07) is 5.74. The Labute approximate surface area is 85.8 Å². The summed E-state index contributed by atoms with van der Waals surface area (Å²) >= 11 is 0. The van der Waals surface area contributed by atoms with E-state index in [0.717, 1.165) is 5.56 Å². The van der Waals surface area contributed by atoms with Crippen LogP contribution in [-0.4, -0.2) is 11.7 Å². The molecule has 1 atom stereocenters.